The van der Waals surface area contributed by atoms with E-state index < -0.39 is 0 Å². The van der Waals surface area contributed by atoms with Crippen LogP contribution in [-0.4, -0.2) is 22.0 Å². The summed E-state index contributed by atoms with van der Waals surface area (Å²) in [5, 5.41) is 12.0. The second-order valence-corrected chi connectivity index (χ2v) is 5.58. The van der Waals surface area contributed by atoms with Crippen LogP contribution in [0.3, 0.4) is 0 Å². The van der Waals surface area contributed by atoms with E-state index in [-0.39, 0.29) is 5.63 Å². The highest BCUT2D eigenvalue weighted by Gasteiger charge is 2.08. The molecule has 0 atom stereocenters. The van der Waals surface area contributed by atoms with E-state index in [1.54, 1.807) is 10.7 Å². The van der Waals surface area contributed by atoms with Crippen LogP contribution in [0, 0.1) is 0 Å². The largest absolute Gasteiger partial charge is 0.423 e. The van der Waals surface area contributed by atoms with Gasteiger partial charge in [-0.2, -0.15) is 0 Å². The topological polar surface area (TPSA) is 73.0 Å². The van der Waals surface area contributed by atoms with Crippen LogP contribution in [0.1, 0.15) is 11.3 Å². The highest BCUT2D eigenvalue weighted by molar-refractivity contribution is 9.10. The van der Waals surface area contributed by atoms with Crippen molar-refractivity contribution in [3.8, 4) is 0 Å². The smallest absolute Gasteiger partial charge is 0.336 e. The second kappa shape index (κ2) is 5.79. The third kappa shape index (κ3) is 3.03. The number of benzene rings is 1. The first-order valence-corrected chi connectivity index (χ1v) is 7.21. The van der Waals surface area contributed by atoms with E-state index >= 15 is 0 Å². The van der Waals surface area contributed by atoms with Crippen LogP contribution in [0.15, 0.2) is 44.1 Å². The van der Waals surface area contributed by atoms with E-state index in [4.69, 9.17) is 4.42 Å². The van der Waals surface area contributed by atoms with Crippen molar-refractivity contribution in [3.05, 3.63) is 56.6 Å². The monoisotopic (exact) mass is 348 g/mol. The molecule has 2 heterocycles. The van der Waals surface area contributed by atoms with Gasteiger partial charge in [0.25, 0.3) is 0 Å². The molecule has 7 heteroatoms. The summed E-state index contributed by atoms with van der Waals surface area (Å²) in [6, 6.07) is 7.12. The molecule has 0 radical (unpaired) electrons. The van der Waals surface area contributed by atoms with Crippen molar-refractivity contribution in [1.29, 1.82) is 0 Å². The molecule has 0 unspecified atom stereocenters. The number of nitrogens with one attached hydrogen (secondary N) is 1. The summed E-state index contributed by atoms with van der Waals surface area (Å²) in [6.07, 6.45) is 1.86. The predicted octanol–water partition coefficient (Wildman–Crippen LogP) is 1.91. The molecule has 6 nitrogen and oxygen atoms in total. The van der Waals surface area contributed by atoms with Crippen LogP contribution in [0.2, 0.25) is 0 Å². The summed E-state index contributed by atoms with van der Waals surface area (Å²) in [7, 11) is 1.85. The minimum Gasteiger partial charge on any atom is -0.423 e. The lowest BCUT2D eigenvalue weighted by Crippen LogP contribution is -2.06. The van der Waals surface area contributed by atoms with Crippen molar-refractivity contribution >= 4 is 26.9 Å². The lowest BCUT2D eigenvalue weighted by Gasteiger charge is -2.05. The highest BCUT2D eigenvalue weighted by atomic mass is 79.9. The molecule has 2 aromatic heterocycles. The first-order chi connectivity index (χ1) is 10.2. The lowest BCUT2D eigenvalue weighted by atomic mass is 10.1. The Labute approximate surface area is 128 Å². The minimum atomic E-state index is -0.369. The van der Waals surface area contributed by atoms with Crippen molar-refractivity contribution in [3.63, 3.8) is 0 Å². The Morgan fingerprint density at radius 1 is 1.38 bits per heavy atom. The SMILES string of the molecule is CNCc1cn(Cc2cc(=O)oc3cc(Br)ccc23)nn1. The number of hydrogen-bond acceptors (Lipinski definition) is 5. The van der Waals surface area contributed by atoms with Gasteiger partial charge in [-0.05, 0) is 30.8 Å². The molecule has 0 bridgehead atoms. The van der Waals surface area contributed by atoms with Crippen LogP contribution >= 0.6 is 15.9 Å². The zero-order chi connectivity index (χ0) is 14.8. The summed E-state index contributed by atoms with van der Waals surface area (Å²) in [5.41, 5.74) is 1.90. The molecule has 0 spiro atoms. The molecule has 0 saturated heterocycles. The summed E-state index contributed by atoms with van der Waals surface area (Å²) in [6.45, 7) is 1.13. The summed E-state index contributed by atoms with van der Waals surface area (Å²) in [4.78, 5) is 11.7. The van der Waals surface area contributed by atoms with E-state index in [1.807, 2.05) is 25.4 Å². The number of fused-ring (bicyclic) bond motifs is 1. The summed E-state index contributed by atoms with van der Waals surface area (Å²) >= 11 is 3.37. The Bertz CT molecular complexity index is 840. The summed E-state index contributed by atoms with van der Waals surface area (Å²) in [5.74, 6) is 0. The molecule has 0 aliphatic heterocycles. The fraction of sp³-hybridized carbons (Fsp3) is 0.214. The standard InChI is InChI=1S/C14H13BrN4O2/c1-16-6-11-8-19(18-17-11)7-9-4-14(20)21-13-5-10(15)2-3-12(9)13/h2-5,8,16H,6-7H2,1H3. The Kier molecular flexibility index (Phi) is 3.85. The number of rotatable bonds is 4. The molecule has 0 saturated carbocycles. The molecule has 3 rings (SSSR count). The molecule has 0 aliphatic rings. The average Bonchev–Trinajstić information content (AvgIpc) is 2.85. The van der Waals surface area contributed by atoms with Crippen LogP contribution in [0.25, 0.3) is 11.0 Å². The Hall–Kier alpha value is -1.99. The summed E-state index contributed by atoms with van der Waals surface area (Å²) < 4.78 is 7.80. The van der Waals surface area contributed by atoms with Gasteiger partial charge in [-0.3, -0.25) is 0 Å². The first kappa shape index (κ1) is 14.0. The van der Waals surface area contributed by atoms with Gasteiger partial charge in [-0.1, -0.05) is 21.1 Å². The van der Waals surface area contributed by atoms with Gasteiger partial charge in [-0.25, -0.2) is 9.48 Å². The second-order valence-electron chi connectivity index (χ2n) is 4.67. The maximum absolute atomic E-state index is 11.7. The van der Waals surface area contributed by atoms with Gasteiger partial charge in [-0.15, -0.1) is 5.10 Å². The molecule has 1 aromatic carbocycles. The number of aromatic nitrogens is 3. The van der Waals surface area contributed by atoms with Gasteiger partial charge in [0, 0.05) is 22.5 Å². The van der Waals surface area contributed by atoms with Gasteiger partial charge in [0.2, 0.25) is 0 Å². The molecule has 1 N–H and O–H groups in total. The molecule has 0 aliphatic carbocycles. The minimum absolute atomic E-state index is 0.369. The quantitative estimate of drug-likeness (QED) is 0.729. The number of hydrogen-bond donors (Lipinski definition) is 1. The van der Waals surface area contributed by atoms with Crippen LogP contribution in [0.4, 0.5) is 0 Å². The van der Waals surface area contributed by atoms with Gasteiger partial charge >= 0.3 is 5.63 Å². The van der Waals surface area contributed by atoms with Crippen molar-refractivity contribution in [1.82, 2.24) is 20.3 Å². The normalized spacial score (nSPS) is 11.1. The maximum atomic E-state index is 11.7. The number of halogens is 1. The average molecular weight is 349 g/mol. The Morgan fingerprint density at radius 3 is 3.05 bits per heavy atom. The molecule has 0 amide bonds. The molecule has 3 aromatic rings. The predicted molar refractivity (Wildman–Crippen MR) is 82.1 cm³/mol. The highest BCUT2D eigenvalue weighted by Crippen LogP contribution is 2.22. The molecular formula is C14H13BrN4O2. The fourth-order valence-electron chi connectivity index (χ4n) is 2.19. The Morgan fingerprint density at radius 2 is 2.24 bits per heavy atom. The van der Waals surface area contributed by atoms with E-state index in [0.29, 0.717) is 18.7 Å². The molecule has 0 fully saturated rings. The van der Waals surface area contributed by atoms with Gasteiger partial charge in [0.1, 0.15) is 5.58 Å². The van der Waals surface area contributed by atoms with Crippen LogP contribution in [-0.2, 0) is 13.1 Å². The van der Waals surface area contributed by atoms with Crippen LogP contribution < -0.4 is 10.9 Å². The third-order valence-electron chi connectivity index (χ3n) is 3.07. The molecule has 108 valence electrons. The van der Waals surface area contributed by atoms with Crippen molar-refractivity contribution in [2.45, 2.75) is 13.1 Å². The zero-order valence-electron chi connectivity index (χ0n) is 11.3. The van der Waals surface area contributed by atoms with Crippen molar-refractivity contribution in [2.24, 2.45) is 0 Å². The number of nitrogens with zero attached hydrogens (tertiary/aromatic N) is 3. The molecule has 21 heavy (non-hydrogen) atoms. The van der Waals surface area contributed by atoms with Gasteiger partial charge < -0.3 is 9.73 Å². The van der Waals surface area contributed by atoms with E-state index in [0.717, 1.165) is 21.1 Å². The maximum Gasteiger partial charge on any atom is 0.336 e. The van der Waals surface area contributed by atoms with E-state index in [1.165, 1.54) is 6.07 Å². The van der Waals surface area contributed by atoms with Crippen molar-refractivity contribution in [2.75, 3.05) is 7.05 Å². The van der Waals surface area contributed by atoms with E-state index in [2.05, 4.69) is 31.6 Å². The van der Waals surface area contributed by atoms with E-state index in [9.17, 15) is 4.79 Å². The first-order valence-electron chi connectivity index (χ1n) is 6.41. The van der Waals surface area contributed by atoms with Crippen LogP contribution in [0.5, 0.6) is 0 Å². The lowest BCUT2D eigenvalue weighted by molar-refractivity contribution is 0.555. The Balaban J connectivity index is 2.01. The van der Waals surface area contributed by atoms with Crippen molar-refractivity contribution < 1.29 is 4.42 Å². The van der Waals surface area contributed by atoms with Gasteiger partial charge in [0.05, 0.1) is 18.4 Å². The van der Waals surface area contributed by atoms with Gasteiger partial charge in [0.15, 0.2) is 0 Å². The third-order valence-corrected chi connectivity index (χ3v) is 3.56. The fourth-order valence-corrected chi connectivity index (χ4v) is 2.53. The zero-order valence-corrected chi connectivity index (χ0v) is 12.9. The molecular weight excluding hydrogens is 336 g/mol.